The second-order valence-corrected chi connectivity index (χ2v) is 7.61. The fourth-order valence-corrected chi connectivity index (χ4v) is 2.37. The molecule has 18 heavy (non-hydrogen) atoms. The molecular formula is C15H25NOS. The fraction of sp³-hybridized carbons (Fsp3) is 0.600. The van der Waals surface area contributed by atoms with Crippen molar-refractivity contribution < 1.29 is 4.74 Å². The van der Waals surface area contributed by atoms with Crippen molar-refractivity contribution in [1.29, 1.82) is 0 Å². The summed E-state index contributed by atoms with van der Waals surface area (Å²) in [5.41, 5.74) is 7.36. The van der Waals surface area contributed by atoms with E-state index in [0.717, 1.165) is 11.5 Å². The highest BCUT2D eigenvalue weighted by Gasteiger charge is 2.14. The van der Waals surface area contributed by atoms with Gasteiger partial charge in [-0.2, -0.15) is 11.8 Å². The normalized spacial score (nSPS) is 13.7. The summed E-state index contributed by atoms with van der Waals surface area (Å²) >= 11 is 1.90. The molecular weight excluding hydrogens is 242 g/mol. The number of hydrogen-bond acceptors (Lipinski definition) is 3. The number of hydrogen-bond donors (Lipinski definition) is 1. The van der Waals surface area contributed by atoms with Crippen molar-refractivity contribution in [3.63, 3.8) is 0 Å². The summed E-state index contributed by atoms with van der Waals surface area (Å²) < 4.78 is 5.88. The van der Waals surface area contributed by atoms with E-state index < -0.39 is 0 Å². The largest absolute Gasteiger partial charge is 0.491 e. The summed E-state index contributed by atoms with van der Waals surface area (Å²) in [4.78, 5) is 0. The summed E-state index contributed by atoms with van der Waals surface area (Å²) in [7, 11) is 0. The van der Waals surface area contributed by atoms with Crippen LogP contribution < -0.4 is 10.5 Å². The van der Waals surface area contributed by atoms with Gasteiger partial charge in [0.1, 0.15) is 5.75 Å². The maximum Gasteiger partial charge on any atom is 0.119 e. The monoisotopic (exact) mass is 267 g/mol. The topological polar surface area (TPSA) is 35.2 Å². The Labute approximate surface area is 115 Å². The first-order valence-electron chi connectivity index (χ1n) is 6.44. The van der Waals surface area contributed by atoms with E-state index in [1.165, 1.54) is 5.56 Å². The van der Waals surface area contributed by atoms with Gasteiger partial charge in [-0.05, 0) is 31.5 Å². The van der Waals surface area contributed by atoms with Gasteiger partial charge in [0.2, 0.25) is 0 Å². The molecule has 2 nitrogen and oxygen atoms in total. The second-order valence-electron chi connectivity index (χ2n) is 5.77. The zero-order chi connectivity index (χ0) is 13.8. The number of benzene rings is 1. The number of rotatable bonds is 5. The number of nitrogens with two attached hydrogens (primary N) is 1. The van der Waals surface area contributed by atoms with Crippen molar-refractivity contribution in [2.75, 3.05) is 5.75 Å². The van der Waals surface area contributed by atoms with Crippen LogP contribution in [0, 0.1) is 0 Å². The smallest absolute Gasteiger partial charge is 0.119 e. The minimum Gasteiger partial charge on any atom is -0.491 e. The Hall–Kier alpha value is -0.670. The minimum absolute atomic E-state index is 0.0855. The molecule has 3 heteroatoms. The van der Waals surface area contributed by atoms with Gasteiger partial charge < -0.3 is 10.5 Å². The van der Waals surface area contributed by atoms with E-state index in [4.69, 9.17) is 10.5 Å². The summed E-state index contributed by atoms with van der Waals surface area (Å²) in [6.45, 7) is 10.7. The average molecular weight is 267 g/mol. The van der Waals surface area contributed by atoms with E-state index in [-0.39, 0.29) is 16.9 Å². The van der Waals surface area contributed by atoms with Crippen molar-refractivity contribution in [2.24, 2.45) is 5.73 Å². The lowest BCUT2D eigenvalue weighted by Crippen LogP contribution is -2.18. The van der Waals surface area contributed by atoms with E-state index >= 15 is 0 Å². The molecule has 0 heterocycles. The molecule has 0 spiro atoms. The predicted molar refractivity (Wildman–Crippen MR) is 81.3 cm³/mol. The molecule has 0 radical (unpaired) electrons. The summed E-state index contributed by atoms with van der Waals surface area (Å²) in [6, 6.07) is 8.20. The van der Waals surface area contributed by atoms with E-state index in [0.29, 0.717) is 0 Å². The average Bonchev–Trinajstić information content (AvgIpc) is 2.25. The molecule has 1 rings (SSSR count). The molecule has 0 saturated carbocycles. The van der Waals surface area contributed by atoms with Gasteiger partial charge in [-0.3, -0.25) is 0 Å². The first kappa shape index (κ1) is 15.4. The quantitative estimate of drug-likeness (QED) is 0.875. The Morgan fingerprint density at radius 2 is 1.72 bits per heavy atom. The molecule has 0 aliphatic heterocycles. The summed E-state index contributed by atoms with van der Waals surface area (Å²) in [5, 5.41) is 0. The third-order valence-electron chi connectivity index (χ3n) is 2.38. The van der Waals surface area contributed by atoms with Crippen molar-refractivity contribution in [2.45, 2.75) is 51.5 Å². The molecule has 0 aliphatic rings. The van der Waals surface area contributed by atoms with Crippen molar-refractivity contribution >= 4 is 11.8 Å². The summed E-state index contributed by atoms with van der Waals surface area (Å²) in [5.74, 6) is 1.85. The van der Waals surface area contributed by atoms with Crippen LogP contribution >= 0.6 is 11.8 Å². The number of thioether (sulfide) groups is 1. The minimum atomic E-state index is 0.0855. The van der Waals surface area contributed by atoms with Crippen LogP contribution in [0.1, 0.15) is 46.2 Å². The number of ether oxygens (including phenoxy) is 1. The van der Waals surface area contributed by atoms with Crippen molar-refractivity contribution in [3.05, 3.63) is 29.8 Å². The Balaban J connectivity index is 2.56. The van der Waals surface area contributed by atoms with E-state index in [1.807, 2.05) is 37.7 Å². The third kappa shape index (κ3) is 5.78. The first-order valence-corrected chi connectivity index (χ1v) is 7.42. The van der Waals surface area contributed by atoms with Crippen LogP contribution in [0.4, 0.5) is 0 Å². The third-order valence-corrected chi connectivity index (χ3v) is 3.77. The maximum atomic E-state index is 6.19. The molecule has 1 unspecified atom stereocenters. The van der Waals surface area contributed by atoms with Crippen LogP contribution in [0.15, 0.2) is 24.3 Å². The molecule has 1 aromatic rings. The van der Waals surface area contributed by atoms with Crippen LogP contribution in [0.3, 0.4) is 0 Å². The van der Waals surface area contributed by atoms with Gasteiger partial charge in [-0.1, -0.05) is 32.9 Å². The molecule has 0 fully saturated rings. The highest BCUT2D eigenvalue weighted by molar-refractivity contribution is 8.00. The summed E-state index contributed by atoms with van der Waals surface area (Å²) in [6.07, 6.45) is 0.209. The van der Waals surface area contributed by atoms with Gasteiger partial charge in [0.15, 0.2) is 0 Å². The Morgan fingerprint density at radius 1 is 1.17 bits per heavy atom. The second kappa shape index (κ2) is 6.48. The van der Waals surface area contributed by atoms with Gasteiger partial charge in [-0.15, -0.1) is 0 Å². The SMILES string of the molecule is CC(C)Oc1ccc(C(N)CSC(C)(C)C)cc1. The molecule has 0 saturated heterocycles. The zero-order valence-electron chi connectivity index (χ0n) is 12.1. The lowest BCUT2D eigenvalue weighted by atomic mass is 10.1. The Morgan fingerprint density at radius 3 is 2.17 bits per heavy atom. The molecule has 0 bridgehead atoms. The predicted octanol–water partition coefficient (Wildman–Crippen LogP) is 4.01. The van der Waals surface area contributed by atoms with Gasteiger partial charge in [-0.25, -0.2) is 0 Å². The lowest BCUT2D eigenvalue weighted by Gasteiger charge is -2.21. The molecule has 0 aliphatic carbocycles. The van der Waals surface area contributed by atoms with Crippen molar-refractivity contribution in [3.8, 4) is 5.75 Å². The van der Waals surface area contributed by atoms with E-state index in [2.05, 4.69) is 32.9 Å². The van der Waals surface area contributed by atoms with Crippen molar-refractivity contribution in [1.82, 2.24) is 0 Å². The van der Waals surface area contributed by atoms with Gasteiger partial charge in [0.05, 0.1) is 6.10 Å². The van der Waals surface area contributed by atoms with Crippen LogP contribution in [-0.4, -0.2) is 16.6 Å². The van der Waals surface area contributed by atoms with E-state index in [1.54, 1.807) is 0 Å². The van der Waals surface area contributed by atoms with Gasteiger partial charge in [0, 0.05) is 16.5 Å². The lowest BCUT2D eigenvalue weighted by molar-refractivity contribution is 0.242. The van der Waals surface area contributed by atoms with Gasteiger partial charge in [0.25, 0.3) is 0 Å². The molecule has 2 N–H and O–H groups in total. The Bertz CT molecular complexity index is 354. The van der Waals surface area contributed by atoms with Crippen LogP contribution in [-0.2, 0) is 0 Å². The molecule has 0 amide bonds. The zero-order valence-corrected chi connectivity index (χ0v) is 12.9. The molecule has 0 aromatic heterocycles. The molecule has 102 valence electrons. The maximum absolute atomic E-state index is 6.19. The first-order chi connectivity index (χ1) is 8.28. The molecule has 1 atom stereocenters. The molecule has 1 aromatic carbocycles. The Kier molecular flexibility index (Phi) is 5.54. The van der Waals surface area contributed by atoms with Crippen LogP contribution in [0.2, 0.25) is 0 Å². The van der Waals surface area contributed by atoms with Gasteiger partial charge >= 0.3 is 0 Å². The fourth-order valence-electron chi connectivity index (χ4n) is 1.50. The standard InChI is InChI=1S/C15H25NOS/c1-11(2)17-13-8-6-12(7-9-13)14(16)10-18-15(3,4)5/h6-9,11,14H,10,16H2,1-5H3. The van der Waals surface area contributed by atoms with E-state index in [9.17, 15) is 0 Å². The highest BCUT2D eigenvalue weighted by atomic mass is 32.2. The van der Waals surface area contributed by atoms with Crippen LogP contribution in [0.5, 0.6) is 5.75 Å². The highest BCUT2D eigenvalue weighted by Crippen LogP contribution is 2.28. The van der Waals surface area contributed by atoms with Crippen LogP contribution in [0.25, 0.3) is 0 Å².